The number of nitrogens with two attached hydrogens (primary N) is 1. The molecule has 2 heterocycles. The Kier molecular flexibility index (Phi) is 3.36. The number of anilines is 1. The fraction of sp³-hybridized carbons (Fsp3) is 0.400. The van der Waals surface area contributed by atoms with Gasteiger partial charge in [0.25, 0.3) is 0 Å². The molecule has 0 spiro atoms. The molecule has 2 atom stereocenters. The van der Waals surface area contributed by atoms with Gasteiger partial charge in [-0.2, -0.15) is 0 Å². The molecule has 0 saturated carbocycles. The van der Waals surface area contributed by atoms with E-state index in [1.807, 2.05) is 12.3 Å². The highest BCUT2D eigenvalue weighted by atomic mass is 16.5. The minimum absolute atomic E-state index is 0.0875. The van der Waals surface area contributed by atoms with Crippen LogP contribution in [0.15, 0.2) is 36.5 Å². The number of fused-ring (bicyclic) bond motifs is 1. The minimum Gasteiger partial charge on any atom is -0.370 e. The Bertz CT molecular complexity index is 567. The lowest BCUT2D eigenvalue weighted by atomic mass is 10.1. The Labute approximate surface area is 113 Å². The molecule has 1 saturated heterocycles. The van der Waals surface area contributed by atoms with Gasteiger partial charge in [-0.15, -0.1) is 0 Å². The molecule has 0 bridgehead atoms. The van der Waals surface area contributed by atoms with Crippen LogP contribution in [0.4, 0.5) is 5.82 Å². The highest BCUT2D eigenvalue weighted by molar-refractivity contribution is 5.92. The number of morpholine rings is 1. The van der Waals surface area contributed by atoms with Crippen LogP contribution in [0.2, 0.25) is 0 Å². The Balaban J connectivity index is 1.99. The van der Waals surface area contributed by atoms with Crippen LogP contribution in [0.5, 0.6) is 0 Å². The zero-order chi connectivity index (χ0) is 13.2. The lowest BCUT2D eigenvalue weighted by Gasteiger charge is -2.37. The van der Waals surface area contributed by atoms with Crippen molar-refractivity contribution < 1.29 is 4.74 Å². The Morgan fingerprint density at radius 2 is 2.16 bits per heavy atom. The number of nitrogens with zero attached hydrogens (tertiary/aromatic N) is 2. The summed E-state index contributed by atoms with van der Waals surface area (Å²) in [5.41, 5.74) is 5.75. The number of benzene rings is 1. The zero-order valence-corrected chi connectivity index (χ0v) is 11.1. The molecule has 2 unspecified atom stereocenters. The van der Waals surface area contributed by atoms with Crippen LogP contribution in [-0.2, 0) is 4.74 Å². The van der Waals surface area contributed by atoms with Crippen molar-refractivity contribution in [3.63, 3.8) is 0 Å². The molecule has 1 aliphatic heterocycles. The maximum atomic E-state index is 5.80. The van der Waals surface area contributed by atoms with Gasteiger partial charge in [0.2, 0.25) is 0 Å². The molecule has 1 aromatic heterocycles. The maximum absolute atomic E-state index is 5.80. The Morgan fingerprint density at radius 1 is 1.32 bits per heavy atom. The summed E-state index contributed by atoms with van der Waals surface area (Å²) in [6.07, 6.45) is 2.14. The van der Waals surface area contributed by atoms with Gasteiger partial charge < -0.3 is 15.4 Å². The molecule has 1 fully saturated rings. The third kappa shape index (κ3) is 2.41. The number of rotatable bonds is 2. The smallest absolute Gasteiger partial charge is 0.136 e. The van der Waals surface area contributed by atoms with Crippen molar-refractivity contribution in [2.75, 3.05) is 24.5 Å². The number of ether oxygens (including phenoxy) is 1. The Morgan fingerprint density at radius 3 is 3.00 bits per heavy atom. The summed E-state index contributed by atoms with van der Waals surface area (Å²) in [6.45, 7) is 4.30. The fourth-order valence-corrected chi connectivity index (χ4v) is 2.70. The van der Waals surface area contributed by atoms with Crippen LogP contribution in [0.1, 0.15) is 6.92 Å². The zero-order valence-electron chi connectivity index (χ0n) is 11.1. The summed E-state index contributed by atoms with van der Waals surface area (Å²) >= 11 is 0. The molecule has 0 radical (unpaired) electrons. The molecule has 2 N–H and O–H groups in total. The van der Waals surface area contributed by atoms with Crippen molar-refractivity contribution in [2.24, 2.45) is 5.73 Å². The highest BCUT2D eigenvalue weighted by Crippen LogP contribution is 2.26. The molecule has 4 nitrogen and oxygen atoms in total. The van der Waals surface area contributed by atoms with E-state index < -0.39 is 0 Å². The molecule has 0 amide bonds. The van der Waals surface area contributed by atoms with Crippen LogP contribution >= 0.6 is 0 Å². The van der Waals surface area contributed by atoms with Gasteiger partial charge in [-0.1, -0.05) is 24.3 Å². The summed E-state index contributed by atoms with van der Waals surface area (Å²) in [4.78, 5) is 6.85. The lowest BCUT2D eigenvalue weighted by Crippen LogP contribution is -2.49. The first kappa shape index (κ1) is 12.4. The molecule has 1 aliphatic rings. The summed E-state index contributed by atoms with van der Waals surface area (Å²) < 4.78 is 5.80. The fourth-order valence-electron chi connectivity index (χ4n) is 2.70. The molecule has 4 heteroatoms. The van der Waals surface area contributed by atoms with Crippen LogP contribution in [0.25, 0.3) is 10.8 Å². The number of hydrogen-bond donors (Lipinski definition) is 1. The van der Waals surface area contributed by atoms with Gasteiger partial charge in [-0.05, 0) is 18.4 Å². The van der Waals surface area contributed by atoms with E-state index in [2.05, 4.69) is 41.1 Å². The van der Waals surface area contributed by atoms with Crippen molar-refractivity contribution >= 4 is 16.6 Å². The van der Waals surface area contributed by atoms with Gasteiger partial charge >= 0.3 is 0 Å². The van der Waals surface area contributed by atoms with E-state index >= 15 is 0 Å². The molecule has 1 aromatic carbocycles. The number of hydrogen-bond acceptors (Lipinski definition) is 4. The van der Waals surface area contributed by atoms with Crippen molar-refractivity contribution in [3.8, 4) is 0 Å². The number of pyridine rings is 1. The summed E-state index contributed by atoms with van der Waals surface area (Å²) in [6, 6.07) is 10.4. The molecule has 0 aliphatic carbocycles. The maximum Gasteiger partial charge on any atom is 0.136 e. The van der Waals surface area contributed by atoms with Crippen LogP contribution in [0.3, 0.4) is 0 Å². The van der Waals surface area contributed by atoms with Gasteiger partial charge in [0.15, 0.2) is 0 Å². The van der Waals surface area contributed by atoms with Crippen LogP contribution < -0.4 is 10.6 Å². The topological polar surface area (TPSA) is 51.4 Å². The lowest BCUT2D eigenvalue weighted by molar-refractivity contribution is -0.0106. The van der Waals surface area contributed by atoms with Crippen molar-refractivity contribution in [1.82, 2.24) is 4.98 Å². The van der Waals surface area contributed by atoms with Crippen LogP contribution in [0, 0.1) is 0 Å². The molecular weight excluding hydrogens is 238 g/mol. The largest absolute Gasteiger partial charge is 0.370 e. The van der Waals surface area contributed by atoms with Gasteiger partial charge in [-0.3, -0.25) is 0 Å². The molecular formula is C15H19N3O. The van der Waals surface area contributed by atoms with Gasteiger partial charge in [0.1, 0.15) is 5.82 Å². The molecule has 100 valence electrons. The Hall–Kier alpha value is -1.65. The third-order valence-electron chi connectivity index (χ3n) is 3.54. The normalized spacial score (nSPS) is 23.8. The van der Waals surface area contributed by atoms with E-state index in [9.17, 15) is 0 Å². The SMILES string of the molecule is CC1CN(c2nccc3ccccc23)CC(CN)O1. The average molecular weight is 257 g/mol. The second kappa shape index (κ2) is 5.15. The summed E-state index contributed by atoms with van der Waals surface area (Å²) in [7, 11) is 0. The van der Waals surface area contributed by atoms with Crippen molar-refractivity contribution in [3.05, 3.63) is 36.5 Å². The number of aromatic nitrogens is 1. The van der Waals surface area contributed by atoms with Gasteiger partial charge in [0.05, 0.1) is 12.2 Å². The average Bonchev–Trinajstić information content (AvgIpc) is 2.46. The van der Waals surface area contributed by atoms with E-state index in [1.54, 1.807) is 0 Å². The van der Waals surface area contributed by atoms with Crippen molar-refractivity contribution in [2.45, 2.75) is 19.1 Å². The van der Waals surface area contributed by atoms with Gasteiger partial charge in [0, 0.05) is 31.2 Å². The minimum atomic E-state index is 0.0875. The van der Waals surface area contributed by atoms with E-state index in [1.165, 1.54) is 10.8 Å². The second-order valence-corrected chi connectivity index (χ2v) is 5.07. The molecule has 3 rings (SSSR count). The first-order valence-corrected chi connectivity index (χ1v) is 6.72. The standard InChI is InChI=1S/C15H19N3O/c1-11-9-18(10-13(8-16)19-11)15-14-5-3-2-4-12(14)6-7-17-15/h2-7,11,13H,8-10,16H2,1H3. The van der Waals surface area contributed by atoms with E-state index in [0.717, 1.165) is 18.9 Å². The van der Waals surface area contributed by atoms with E-state index in [-0.39, 0.29) is 12.2 Å². The first-order valence-electron chi connectivity index (χ1n) is 6.72. The quantitative estimate of drug-likeness (QED) is 0.891. The predicted molar refractivity (Wildman–Crippen MR) is 77.3 cm³/mol. The van der Waals surface area contributed by atoms with Gasteiger partial charge in [-0.25, -0.2) is 4.98 Å². The predicted octanol–water partition coefficient (Wildman–Crippen LogP) is 1.79. The summed E-state index contributed by atoms with van der Waals surface area (Å²) in [5, 5.41) is 2.41. The third-order valence-corrected chi connectivity index (χ3v) is 3.54. The van der Waals surface area contributed by atoms with E-state index in [0.29, 0.717) is 6.54 Å². The molecule has 2 aromatic rings. The highest BCUT2D eigenvalue weighted by Gasteiger charge is 2.25. The van der Waals surface area contributed by atoms with E-state index in [4.69, 9.17) is 10.5 Å². The molecule has 19 heavy (non-hydrogen) atoms. The van der Waals surface area contributed by atoms with Crippen LogP contribution in [-0.4, -0.2) is 36.8 Å². The monoisotopic (exact) mass is 257 g/mol. The summed E-state index contributed by atoms with van der Waals surface area (Å²) in [5.74, 6) is 1.03. The van der Waals surface area contributed by atoms with Crippen molar-refractivity contribution in [1.29, 1.82) is 0 Å². The second-order valence-electron chi connectivity index (χ2n) is 5.07. The first-order chi connectivity index (χ1) is 9.28.